The molecule has 1 N–H and O–H groups in total. The summed E-state index contributed by atoms with van der Waals surface area (Å²) in [6.07, 6.45) is 3.46. The van der Waals surface area contributed by atoms with Crippen LogP contribution < -0.4 is 4.74 Å². The third kappa shape index (κ3) is 1.82. The fourth-order valence-electron chi connectivity index (χ4n) is 2.90. The molecule has 18 heavy (non-hydrogen) atoms. The summed E-state index contributed by atoms with van der Waals surface area (Å²) in [5, 5.41) is 7.92. The molecule has 1 aromatic rings. The molecule has 0 spiro atoms. The molecule has 0 unspecified atom stereocenters. The minimum atomic E-state index is -0.0205. The molecule has 2 fully saturated rings. The van der Waals surface area contributed by atoms with Crippen molar-refractivity contribution in [1.29, 1.82) is 5.41 Å². The van der Waals surface area contributed by atoms with Gasteiger partial charge in [0.1, 0.15) is 11.9 Å². The molecular formula is C14H18N2O2. The molecule has 2 saturated heterocycles. The number of amidine groups is 1. The van der Waals surface area contributed by atoms with Gasteiger partial charge in [0.25, 0.3) is 6.02 Å². The summed E-state index contributed by atoms with van der Waals surface area (Å²) in [6.45, 7) is 0.948. The van der Waals surface area contributed by atoms with Gasteiger partial charge in [0.2, 0.25) is 0 Å². The number of ether oxygens (including phenoxy) is 2. The van der Waals surface area contributed by atoms with E-state index in [2.05, 4.69) is 11.0 Å². The van der Waals surface area contributed by atoms with Crippen LogP contribution in [-0.4, -0.2) is 30.6 Å². The molecule has 2 atom stereocenters. The Labute approximate surface area is 107 Å². The summed E-state index contributed by atoms with van der Waals surface area (Å²) in [5.41, 5.74) is 1.11. The van der Waals surface area contributed by atoms with Gasteiger partial charge in [-0.25, -0.2) is 0 Å². The van der Waals surface area contributed by atoms with E-state index in [0.29, 0.717) is 12.1 Å². The van der Waals surface area contributed by atoms with Crippen molar-refractivity contribution in [2.45, 2.75) is 31.4 Å². The maximum Gasteiger partial charge on any atom is 0.285 e. The van der Waals surface area contributed by atoms with Gasteiger partial charge in [-0.2, -0.15) is 0 Å². The summed E-state index contributed by atoms with van der Waals surface area (Å²) >= 11 is 0. The van der Waals surface area contributed by atoms with E-state index in [-0.39, 0.29) is 6.10 Å². The van der Waals surface area contributed by atoms with Crippen molar-refractivity contribution in [3.63, 3.8) is 0 Å². The number of rotatable bonds is 2. The van der Waals surface area contributed by atoms with E-state index in [1.807, 2.05) is 18.2 Å². The maximum absolute atomic E-state index is 7.92. The van der Waals surface area contributed by atoms with Crippen LogP contribution in [0.15, 0.2) is 24.3 Å². The zero-order chi connectivity index (χ0) is 12.5. The van der Waals surface area contributed by atoms with E-state index in [1.165, 1.54) is 6.42 Å². The molecule has 0 aromatic heterocycles. The quantitative estimate of drug-likeness (QED) is 0.872. The van der Waals surface area contributed by atoms with Gasteiger partial charge in [-0.05, 0) is 37.0 Å². The Hall–Kier alpha value is -1.71. The third-order valence-corrected chi connectivity index (χ3v) is 3.82. The van der Waals surface area contributed by atoms with Gasteiger partial charge in [-0.15, -0.1) is 0 Å². The van der Waals surface area contributed by atoms with E-state index in [0.717, 1.165) is 30.7 Å². The van der Waals surface area contributed by atoms with Crippen LogP contribution >= 0.6 is 0 Å². The molecule has 4 nitrogen and oxygen atoms in total. The SMILES string of the molecule is COc1cccc([C@H]2OC(=N)N3CCCC[C@@H]23)c1. The molecule has 0 saturated carbocycles. The van der Waals surface area contributed by atoms with Crippen LogP contribution in [0.2, 0.25) is 0 Å². The number of fused-ring (bicyclic) bond motifs is 1. The second kappa shape index (κ2) is 4.52. The molecule has 2 heterocycles. The smallest absolute Gasteiger partial charge is 0.285 e. The van der Waals surface area contributed by atoms with Crippen molar-refractivity contribution < 1.29 is 9.47 Å². The number of methoxy groups -OCH3 is 1. The van der Waals surface area contributed by atoms with Crippen molar-refractivity contribution in [3.8, 4) is 5.75 Å². The Morgan fingerprint density at radius 1 is 1.39 bits per heavy atom. The van der Waals surface area contributed by atoms with Crippen LogP contribution in [0.3, 0.4) is 0 Å². The Morgan fingerprint density at radius 3 is 3.11 bits per heavy atom. The van der Waals surface area contributed by atoms with Gasteiger partial charge >= 0.3 is 0 Å². The zero-order valence-electron chi connectivity index (χ0n) is 10.6. The minimum Gasteiger partial charge on any atom is -0.497 e. The highest BCUT2D eigenvalue weighted by Crippen LogP contribution is 2.38. The molecule has 4 heteroatoms. The first-order valence-corrected chi connectivity index (χ1v) is 6.45. The molecule has 3 rings (SSSR count). The van der Waals surface area contributed by atoms with Crippen molar-refractivity contribution in [2.75, 3.05) is 13.7 Å². The van der Waals surface area contributed by atoms with E-state index in [9.17, 15) is 0 Å². The van der Waals surface area contributed by atoms with E-state index in [1.54, 1.807) is 7.11 Å². The number of nitrogens with one attached hydrogen (secondary N) is 1. The fraction of sp³-hybridized carbons (Fsp3) is 0.500. The minimum absolute atomic E-state index is 0.0205. The van der Waals surface area contributed by atoms with Crippen LogP contribution in [0.4, 0.5) is 0 Å². The number of piperidine rings is 1. The molecule has 1 aromatic carbocycles. The Bertz CT molecular complexity index is 461. The molecule has 0 radical (unpaired) electrons. The number of hydrogen-bond acceptors (Lipinski definition) is 3. The average Bonchev–Trinajstić information content (AvgIpc) is 2.77. The van der Waals surface area contributed by atoms with Crippen LogP contribution in [0.1, 0.15) is 30.9 Å². The Morgan fingerprint density at radius 2 is 2.28 bits per heavy atom. The van der Waals surface area contributed by atoms with Crippen LogP contribution in [0, 0.1) is 5.41 Å². The van der Waals surface area contributed by atoms with Crippen molar-refractivity contribution in [2.24, 2.45) is 0 Å². The lowest BCUT2D eigenvalue weighted by molar-refractivity contribution is 0.167. The van der Waals surface area contributed by atoms with Crippen molar-refractivity contribution >= 4 is 6.02 Å². The fourth-order valence-corrected chi connectivity index (χ4v) is 2.90. The van der Waals surface area contributed by atoms with Gasteiger partial charge < -0.3 is 14.4 Å². The first-order valence-electron chi connectivity index (χ1n) is 6.45. The second-order valence-electron chi connectivity index (χ2n) is 4.88. The van der Waals surface area contributed by atoms with Crippen LogP contribution in [0.5, 0.6) is 5.75 Å². The van der Waals surface area contributed by atoms with Crippen LogP contribution in [-0.2, 0) is 4.74 Å². The second-order valence-corrected chi connectivity index (χ2v) is 4.88. The van der Waals surface area contributed by atoms with E-state index >= 15 is 0 Å². The van der Waals surface area contributed by atoms with Gasteiger partial charge in [-0.3, -0.25) is 5.41 Å². The lowest BCUT2D eigenvalue weighted by Gasteiger charge is -2.29. The number of benzene rings is 1. The molecule has 2 aliphatic rings. The van der Waals surface area contributed by atoms with E-state index in [4.69, 9.17) is 14.9 Å². The highest BCUT2D eigenvalue weighted by Gasteiger charge is 2.41. The number of nitrogens with zero attached hydrogens (tertiary/aromatic N) is 1. The Kier molecular flexibility index (Phi) is 2.86. The zero-order valence-corrected chi connectivity index (χ0v) is 10.6. The first kappa shape index (κ1) is 11.4. The molecule has 96 valence electrons. The summed E-state index contributed by atoms with van der Waals surface area (Å²) in [6, 6.07) is 8.62. The molecule has 2 aliphatic heterocycles. The molecular weight excluding hydrogens is 228 g/mol. The van der Waals surface area contributed by atoms with E-state index < -0.39 is 0 Å². The third-order valence-electron chi connectivity index (χ3n) is 3.82. The standard InChI is InChI=1S/C14H18N2O2/c1-17-11-6-4-5-10(9-11)13-12-7-2-3-8-16(12)14(15)18-13/h4-6,9,12-13,15H,2-3,7-8H2,1H3/t12-,13+/m0/s1. The molecule has 0 aliphatic carbocycles. The summed E-state index contributed by atoms with van der Waals surface area (Å²) < 4.78 is 11.0. The normalized spacial score (nSPS) is 26.7. The Balaban J connectivity index is 1.89. The van der Waals surface area contributed by atoms with Crippen molar-refractivity contribution in [1.82, 2.24) is 4.90 Å². The highest BCUT2D eigenvalue weighted by molar-refractivity contribution is 5.73. The van der Waals surface area contributed by atoms with Gasteiger partial charge in [0, 0.05) is 6.54 Å². The highest BCUT2D eigenvalue weighted by atomic mass is 16.5. The summed E-state index contributed by atoms with van der Waals surface area (Å²) in [4.78, 5) is 2.09. The van der Waals surface area contributed by atoms with Crippen LogP contribution in [0.25, 0.3) is 0 Å². The lowest BCUT2D eigenvalue weighted by Crippen LogP contribution is -2.38. The number of hydrogen-bond donors (Lipinski definition) is 1. The summed E-state index contributed by atoms with van der Waals surface area (Å²) in [5.74, 6) is 0.844. The van der Waals surface area contributed by atoms with Gasteiger partial charge in [0.15, 0.2) is 0 Å². The lowest BCUT2D eigenvalue weighted by atomic mass is 9.94. The van der Waals surface area contributed by atoms with Gasteiger partial charge in [-0.1, -0.05) is 12.1 Å². The largest absolute Gasteiger partial charge is 0.497 e. The molecule has 0 bridgehead atoms. The predicted octanol–water partition coefficient (Wildman–Crippen LogP) is 2.56. The topological polar surface area (TPSA) is 45.6 Å². The van der Waals surface area contributed by atoms with Crippen molar-refractivity contribution in [3.05, 3.63) is 29.8 Å². The summed E-state index contributed by atoms with van der Waals surface area (Å²) in [7, 11) is 1.67. The van der Waals surface area contributed by atoms with Gasteiger partial charge in [0.05, 0.1) is 13.2 Å². The average molecular weight is 246 g/mol. The maximum atomic E-state index is 7.92. The first-order chi connectivity index (χ1) is 8.79. The predicted molar refractivity (Wildman–Crippen MR) is 68.9 cm³/mol. The monoisotopic (exact) mass is 246 g/mol. The molecule has 0 amide bonds.